The Morgan fingerprint density at radius 1 is 1.05 bits per heavy atom. The molecule has 2 N–H and O–H groups in total. The molecule has 3 rings (SSSR count). The molecule has 22 heavy (non-hydrogen) atoms. The molecule has 1 amide bonds. The number of amides is 1. The smallest absolute Gasteiger partial charge is 0.221 e. The van der Waals surface area contributed by atoms with Crippen molar-refractivity contribution in [2.24, 2.45) is 5.73 Å². The normalized spacial score (nSPS) is 11.3. The molecule has 3 heteroatoms. The highest BCUT2D eigenvalue weighted by atomic mass is 16.1. The lowest BCUT2D eigenvalue weighted by atomic mass is 10.1. The molecule has 0 fully saturated rings. The average Bonchev–Trinajstić information content (AvgIpc) is 2.81. The van der Waals surface area contributed by atoms with E-state index in [1.165, 1.54) is 41.1 Å². The van der Waals surface area contributed by atoms with Crippen LogP contribution in [0.1, 0.15) is 31.7 Å². The van der Waals surface area contributed by atoms with E-state index in [0.29, 0.717) is 6.42 Å². The molecular formula is C19H22N2O. The average molecular weight is 294 g/mol. The van der Waals surface area contributed by atoms with Crippen LogP contribution in [-0.4, -0.2) is 10.5 Å². The van der Waals surface area contributed by atoms with E-state index in [2.05, 4.69) is 47.9 Å². The van der Waals surface area contributed by atoms with Gasteiger partial charge in [-0.1, -0.05) is 44.0 Å². The zero-order valence-corrected chi connectivity index (χ0v) is 13.0. The van der Waals surface area contributed by atoms with Crippen molar-refractivity contribution in [3.8, 4) is 0 Å². The Bertz CT molecular complexity index is 817. The Morgan fingerprint density at radius 2 is 1.82 bits per heavy atom. The number of hydrogen-bond donors (Lipinski definition) is 1. The zero-order chi connectivity index (χ0) is 15.5. The van der Waals surface area contributed by atoms with Crippen LogP contribution in [0.2, 0.25) is 0 Å². The summed E-state index contributed by atoms with van der Waals surface area (Å²) >= 11 is 0. The minimum absolute atomic E-state index is 0.286. The van der Waals surface area contributed by atoms with Gasteiger partial charge in [-0.2, -0.15) is 0 Å². The summed E-state index contributed by atoms with van der Waals surface area (Å²) in [6, 6.07) is 14.7. The largest absolute Gasteiger partial charge is 0.369 e. The fourth-order valence-electron chi connectivity index (χ4n) is 3.17. The van der Waals surface area contributed by atoms with Crippen LogP contribution < -0.4 is 5.73 Å². The fourth-order valence-corrected chi connectivity index (χ4v) is 3.17. The molecule has 0 aliphatic heterocycles. The number of carbonyl (C=O) groups is 1. The fraction of sp³-hybridized carbons (Fsp3) is 0.316. The van der Waals surface area contributed by atoms with Gasteiger partial charge in [-0.25, -0.2) is 0 Å². The molecule has 0 saturated heterocycles. The van der Waals surface area contributed by atoms with E-state index in [4.69, 9.17) is 5.73 Å². The van der Waals surface area contributed by atoms with Crippen LogP contribution in [0.4, 0.5) is 0 Å². The highest BCUT2D eigenvalue weighted by molar-refractivity contribution is 6.08. The summed E-state index contributed by atoms with van der Waals surface area (Å²) in [5.41, 5.74) is 8.82. The van der Waals surface area contributed by atoms with Crippen LogP contribution in [0.5, 0.6) is 0 Å². The summed E-state index contributed by atoms with van der Waals surface area (Å²) in [7, 11) is 0. The summed E-state index contributed by atoms with van der Waals surface area (Å²) in [6.07, 6.45) is 3.95. The monoisotopic (exact) mass is 294 g/mol. The van der Waals surface area contributed by atoms with E-state index in [0.717, 1.165) is 12.1 Å². The molecule has 0 bridgehead atoms. The lowest BCUT2D eigenvalue weighted by Gasteiger charge is -2.07. The molecule has 0 atom stereocenters. The molecule has 0 saturated carbocycles. The van der Waals surface area contributed by atoms with Crippen molar-refractivity contribution in [2.45, 2.75) is 39.2 Å². The Labute approximate surface area is 130 Å². The van der Waals surface area contributed by atoms with Gasteiger partial charge in [0, 0.05) is 28.4 Å². The van der Waals surface area contributed by atoms with Crippen LogP contribution >= 0.6 is 0 Å². The third kappa shape index (κ3) is 2.71. The van der Waals surface area contributed by atoms with Gasteiger partial charge in [-0.15, -0.1) is 0 Å². The Morgan fingerprint density at radius 3 is 2.59 bits per heavy atom. The van der Waals surface area contributed by atoms with Gasteiger partial charge < -0.3 is 10.3 Å². The van der Waals surface area contributed by atoms with Crippen LogP contribution in [0.15, 0.2) is 42.5 Å². The van der Waals surface area contributed by atoms with Crippen molar-refractivity contribution >= 4 is 27.7 Å². The molecule has 0 radical (unpaired) electrons. The highest BCUT2D eigenvalue weighted by Crippen LogP contribution is 2.30. The number of rotatable bonds is 6. The number of nitrogens with zero attached hydrogens (tertiary/aromatic N) is 1. The first kappa shape index (κ1) is 14.6. The number of nitrogens with two attached hydrogens (primary N) is 1. The van der Waals surface area contributed by atoms with Crippen molar-refractivity contribution in [2.75, 3.05) is 0 Å². The Kier molecular flexibility index (Phi) is 4.14. The van der Waals surface area contributed by atoms with E-state index in [1.54, 1.807) is 0 Å². The zero-order valence-electron chi connectivity index (χ0n) is 13.0. The summed E-state index contributed by atoms with van der Waals surface area (Å²) in [5, 5.41) is 2.46. The second-order valence-electron chi connectivity index (χ2n) is 5.87. The lowest BCUT2D eigenvalue weighted by Crippen LogP contribution is -2.13. The predicted molar refractivity (Wildman–Crippen MR) is 91.9 cm³/mol. The standard InChI is InChI=1S/C19H22N2O/c1-2-3-6-11-21-17-8-5-4-7-15(17)16-12-14(13-19(20)22)9-10-18(16)21/h4-5,7-10,12H,2-3,6,11,13H2,1H3,(H2,20,22). The van der Waals surface area contributed by atoms with Gasteiger partial charge in [-0.3, -0.25) is 4.79 Å². The molecular weight excluding hydrogens is 272 g/mol. The maximum Gasteiger partial charge on any atom is 0.221 e. The van der Waals surface area contributed by atoms with Gasteiger partial charge in [0.1, 0.15) is 0 Å². The van der Waals surface area contributed by atoms with Gasteiger partial charge in [0.2, 0.25) is 5.91 Å². The highest BCUT2D eigenvalue weighted by Gasteiger charge is 2.11. The van der Waals surface area contributed by atoms with E-state index >= 15 is 0 Å². The summed E-state index contributed by atoms with van der Waals surface area (Å²) in [6.45, 7) is 3.26. The van der Waals surface area contributed by atoms with Crippen molar-refractivity contribution < 1.29 is 4.79 Å². The molecule has 0 unspecified atom stereocenters. The summed E-state index contributed by atoms with van der Waals surface area (Å²) < 4.78 is 2.40. The minimum atomic E-state index is -0.286. The molecule has 1 heterocycles. The van der Waals surface area contributed by atoms with E-state index in [9.17, 15) is 4.79 Å². The van der Waals surface area contributed by atoms with E-state index in [-0.39, 0.29) is 5.91 Å². The maximum absolute atomic E-state index is 11.2. The molecule has 0 aliphatic carbocycles. The van der Waals surface area contributed by atoms with Gasteiger partial charge in [0.25, 0.3) is 0 Å². The first-order valence-corrected chi connectivity index (χ1v) is 7.99. The second-order valence-corrected chi connectivity index (χ2v) is 5.87. The van der Waals surface area contributed by atoms with E-state index < -0.39 is 0 Å². The molecule has 0 spiro atoms. The lowest BCUT2D eigenvalue weighted by molar-refractivity contribution is -0.117. The van der Waals surface area contributed by atoms with Gasteiger partial charge in [-0.05, 0) is 30.2 Å². The van der Waals surface area contributed by atoms with Crippen molar-refractivity contribution in [1.29, 1.82) is 0 Å². The number of fused-ring (bicyclic) bond motifs is 3. The third-order valence-corrected chi connectivity index (χ3v) is 4.20. The number of unbranched alkanes of at least 4 members (excludes halogenated alkanes) is 2. The van der Waals surface area contributed by atoms with Gasteiger partial charge in [0.05, 0.1) is 6.42 Å². The third-order valence-electron chi connectivity index (χ3n) is 4.20. The van der Waals surface area contributed by atoms with Crippen LogP contribution in [-0.2, 0) is 17.8 Å². The Hall–Kier alpha value is -2.29. The summed E-state index contributed by atoms with van der Waals surface area (Å²) in [5.74, 6) is -0.286. The quantitative estimate of drug-likeness (QED) is 0.686. The Balaban J connectivity index is 2.13. The minimum Gasteiger partial charge on any atom is -0.369 e. The predicted octanol–water partition coefficient (Wildman–Crippen LogP) is 4.01. The second kappa shape index (κ2) is 6.22. The SMILES string of the molecule is CCCCCn1c2ccccc2c2cc(CC(N)=O)ccc21. The number of carbonyl (C=O) groups excluding carboxylic acids is 1. The first-order valence-electron chi connectivity index (χ1n) is 7.99. The maximum atomic E-state index is 11.2. The van der Waals surface area contributed by atoms with Crippen LogP contribution in [0.25, 0.3) is 21.8 Å². The van der Waals surface area contributed by atoms with Gasteiger partial charge >= 0.3 is 0 Å². The molecule has 3 aromatic rings. The molecule has 1 aromatic heterocycles. The molecule has 114 valence electrons. The number of primary amides is 1. The number of benzene rings is 2. The number of hydrogen-bond acceptors (Lipinski definition) is 1. The van der Waals surface area contributed by atoms with Crippen LogP contribution in [0, 0.1) is 0 Å². The molecule has 0 aliphatic rings. The van der Waals surface area contributed by atoms with Crippen molar-refractivity contribution in [3.63, 3.8) is 0 Å². The molecule has 3 nitrogen and oxygen atoms in total. The molecule has 2 aromatic carbocycles. The number of aryl methyl sites for hydroxylation is 1. The van der Waals surface area contributed by atoms with Crippen molar-refractivity contribution in [1.82, 2.24) is 4.57 Å². The first-order chi connectivity index (χ1) is 10.7. The number of para-hydroxylation sites is 1. The van der Waals surface area contributed by atoms with Gasteiger partial charge in [0.15, 0.2) is 0 Å². The number of aromatic nitrogens is 1. The van der Waals surface area contributed by atoms with Crippen LogP contribution in [0.3, 0.4) is 0 Å². The van der Waals surface area contributed by atoms with E-state index in [1.807, 2.05) is 6.07 Å². The summed E-state index contributed by atoms with van der Waals surface area (Å²) in [4.78, 5) is 11.2. The van der Waals surface area contributed by atoms with Crippen molar-refractivity contribution in [3.05, 3.63) is 48.0 Å². The topological polar surface area (TPSA) is 48.0 Å².